The highest BCUT2D eigenvalue weighted by molar-refractivity contribution is 8.23. The summed E-state index contributed by atoms with van der Waals surface area (Å²) in [6.45, 7) is 4.01. The van der Waals surface area contributed by atoms with Crippen LogP contribution in [0.4, 0.5) is 11.4 Å². The summed E-state index contributed by atoms with van der Waals surface area (Å²) in [6, 6.07) is 14.2. The Kier molecular flexibility index (Phi) is 5.47. The van der Waals surface area contributed by atoms with Crippen molar-refractivity contribution in [2.75, 3.05) is 11.9 Å². The molecule has 9 nitrogen and oxygen atoms in total. The maximum absolute atomic E-state index is 13.7. The van der Waals surface area contributed by atoms with Gasteiger partial charge in [0.2, 0.25) is 5.91 Å². The second-order valence-corrected chi connectivity index (χ2v) is 10.7. The van der Waals surface area contributed by atoms with E-state index in [0.717, 1.165) is 4.90 Å². The number of non-ortho nitro benzene ring substituents is 1. The molecule has 0 spiro atoms. The Balaban J connectivity index is 1.61. The molecule has 0 bridgehead atoms. The van der Waals surface area contributed by atoms with Gasteiger partial charge in [0.1, 0.15) is 9.69 Å². The fourth-order valence-electron chi connectivity index (χ4n) is 4.73. The van der Waals surface area contributed by atoms with Crippen LogP contribution >= 0.6 is 24.0 Å². The molecular weight excluding hydrogens is 476 g/mol. The molecule has 0 aliphatic carbocycles. The van der Waals surface area contributed by atoms with Gasteiger partial charge in [0.25, 0.3) is 11.6 Å². The minimum Gasteiger partial charge on any atom is -0.353 e. The van der Waals surface area contributed by atoms with Crippen molar-refractivity contribution in [1.29, 1.82) is 0 Å². The van der Waals surface area contributed by atoms with Crippen LogP contribution in [0.25, 0.3) is 0 Å². The van der Waals surface area contributed by atoms with E-state index < -0.39 is 40.3 Å². The molecule has 3 aliphatic heterocycles. The van der Waals surface area contributed by atoms with Crippen molar-refractivity contribution in [3.8, 4) is 0 Å². The topological polar surface area (TPSA) is 96.2 Å². The van der Waals surface area contributed by atoms with E-state index in [0.29, 0.717) is 15.6 Å². The summed E-state index contributed by atoms with van der Waals surface area (Å²) in [7, 11) is 1.89. The Hall–Kier alpha value is -2.86. The Morgan fingerprint density at radius 2 is 1.79 bits per heavy atom. The number of carbonyl (C=O) groups is 2. The molecule has 3 aliphatic rings. The monoisotopic (exact) mass is 498 g/mol. The standard InChI is InChI=1S/C23H22N4O5S2/c1-23(2)21(34-22(33)24(23)3)26-17(13-8-7-11-15(12-13)27(30)31)16-18(32-26)20(29)25(19(16)28)14-9-5-4-6-10-14/h4-12,16-18,21H,1-3H3/t16-,17-,18-,21-/m1/s1. The lowest BCUT2D eigenvalue weighted by molar-refractivity contribution is -0.385. The molecular formula is C23H22N4O5S2. The van der Waals surface area contributed by atoms with Gasteiger partial charge in [-0.1, -0.05) is 54.3 Å². The Morgan fingerprint density at radius 1 is 1.09 bits per heavy atom. The van der Waals surface area contributed by atoms with Gasteiger partial charge in [0.15, 0.2) is 6.10 Å². The number of carbonyl (C=O) groups excluding carboxylic acids is 2. The molecule has 5 rings (SSSR count). The Bertz CT molecular complexity index is 1210. The number of anilines is 1. The molecule has 0 N–H and O–H groups in total. The van der Waals surface area contributed by atoms with Crippen molar-refractivity contribution in [2.45, 2.75) is 36.9 Å². The van der Waals surface area contributed by atoms with Crippen molar-refractivity contribution in [2.24, 2.45) is 5.92 Å². The number of hydrogen-bond acceptors (Lipinski definition) is 8. The summed E-state index contributed by atoms with van der Waals surface area (Å²) in [5.41, 5.74) is 0.430. The van der Waals surface area contributed by atoms with Crippen LogP contribution in [-0.2, 0) is 14.4 Å². The van der Waals surface area contributed by atoms with E-state index in [1.807, 2.05) is 25.8 Å². The largest absolute Gasteiger partial charge is 0.353 e. The molecule has 3 heterocycles. The third kappa shape index (κ3) is 3.34. The van der Waals surface area contributed by atoms with Crippen molar-refractivity contribution in [3.63, 3.8) is 0 Å². The van der Waals surface area contributed by atoms with Crippen LogP contribution in [0.1, 0.15) is 25.5 Å². The second-order valence-electron chi connectivity index (χ2n) is 9.00. The summed E-state index contributed by atoms with van der Waals surface area (Å²) in [6.07, 6.45) is -1.03. The van der Waals surface area contributed by atoms with Crippen LogP contribution < -0.4 is 4.90 Å². The molecule has 2 aromatic carbocycles. The third-order valence-corrected chi connectivity index (χ3v) is 8.81. The fourth-order valence-corrected chi connectivity index (χ4v) is 6.55. The first-order chi connectivity index (χ1) is 16.1. The molecule has 0 aromatic heterocycles. The predicted molar refractivity (Wildman–Crippen MR) is 131 cm³/mol. The van der Waals surface area contributed by atoms with Crippen LogP contribution in [0.15, 0.2) is 54.6 Å². The van der Waals surface area contributed by atoms with Gasteiger partial charge in [-0.3, -0.25) is 24.5 Å². The highest BCUT2D eigenvalue weighted by atomic mass is 32.2. The van der Waals surface area contributed by atoms with Crippen molar-refractivity contribution in [3.05, 3.63) is 70.3 Å². The van der Waals surface area contributed by atoms with E-state index in [-0.39, 0.29) is 11.1 Å². The van der Waals surface area contributed by atoms with Gasteiger partial charge in [-0.25, -0.2) is 4.90 Å². The number of rotatable bonds is 4. The van der Waals surface area contributed by atoms with Crippen LogP contribution in [0.5, 0.6) is 0 Å². The molecule has 0 unspecified atom stereocenters. The first-order valence-electron chi connectivity index (χ1n) is 10.7. The maximum atomic E-state index is 13.7. The number of nitro groups is 1. The highest BCUT2D eigenvalue weighted by Crippen LogP contribution is 2.52. The smallest absolute Gasteiger partial charge is 0.269 e. The molecule has 3 saturated heterocycles. The Labute approximate surface area is 205 Å². The fraction of sp³-hybridized carbons (Fsp3) is 0.348. The number of hydroxylamine groups is 2. The number of thiocarbonyl (C=S) groups is 1. The number of amides is 2. The minimum atomic E-state index is -1.03. The van der Waals surface area contributed by atoms with Gasteiger partial charge in [0.05, 0.1) is 28.1 Å². The predicted octanol–water partition coefficient (Wildman–Crippen LogP) is 3.51. The summed E-state index contributed by atoms with van der Waals surface area (Å²) >= 11 is 6.93. The lowest BCUT2D eigenvalue weighted by Crippen LogP contribution is -2.51. The SMILES string of the molecule is CN1C(=S)S[C@@H](N2O[C@H]3C(=O)N(c4ccccc4)C(=O)[C@@H]3[C@H]2c2cccc([N+](=O)[O-])c2)C1(C)C. The van der Waals surface area contributed by atoms with Gasteiger partial charge in [-0.2, -0.15) is 5.06 Å². The number of para-hydroxylation sites is 1. The lowest BCUT2D eigenvalue weighted by atomic mass is 9.89. The van der Waals surface area contributed by atoms with Gasteiger partial charge < -0.3 is 4.90 Å². The average Bonchev–Trinajstić information content (AvgIpc) is 3.39. The van der Waals surface area contributed by atoms with Crippen molar-refractivity contribution < 1.29 is 19.3 Å². The van der Waals surface area contributed by atoms with Crippen molar-refractivity contribution in [1.82, 2.24) is 9.96 Å². The molecule has 0 radical (unpaired) electrons. The number of imide groups is 1. The van der Waals surface area contributed by atoms with E-state index >= 15 is 0 Å². The van der Waals surface area contributed by atoms with Crippen LogP contribution in [0, 0.1) is 16.0 Å². The van der Waals surface area contributed by atoms with E-state index in [1.54, 1.807) is 47.5 Å². The van der Waals surface area contributed by atoms with Gasteiger partial charge >= 0.3 is 0 Å². The summed E-state index contributed by atoms with van der Waals surface area (Å²) in [4.78, 5) is 47.4. The van der Waals surface area contributed by atoms with Crippen molar-refractivity contribution >= 4 is 51.5 Å². The molecule has 2 amide bonds. The number of thioether (sulfide) groups is 1. The molecule has 11 heteroatoms. The third-order valence-electron chi connectivity index (χ3n) is 6.77. The molecule has 34 heavy (non-hydrogen) atoms. The number of nitro benzene ring substituents is 1. The molecule has 0 saturated carbocycles. The first-order valence-corrected chi connectivity index (χ1v) is 12.0. The summed E-state index contributed by atoms with van der Waals surface area (Å²) in [5, 5.41) is 12.8. The minimum absolute atomic E-state index is 0.0939. The molecule has 3 fully saturated rings. The van der Waals surface area contributed by atoms with Crippen LogP contribution in [0.2, 0.25) is 0 Å². The quantitative estimate of drug-likeness (QED) is 0.272. The van der Waals surface area contributed by atoms with Gasteiger partial charge in [-0.15, -0.1) is 0 Å². The van der Waals surface area contributed by atoms with E-state index in [2.05, 4.69) is 0 Å². The summed E-state index contributed by atoms with van der Waals surface area (Å²) < 4.78 is 0.664. The zero-order valence-corrected chi connectivity index (χ0v) is 20.3. The van der Waals surface area contributed by atoms with Gasteiger partial charge in [-0.05, 0) is 31.5 Å². The molecule has 2 aromatic rings. The normalized spacial score (nSPS) is 28.6. The zero-order valence-electron chi connectivity index (χ0n) is 18.7. The Morgan fingerprint density at radius 3 is 2.41 bits per heavy atom. The first kappa shape index (κ1) is 22.9. The average molecular weight is 499 g/mol. The number of benzene rings is 2. The van der Waals surface area contributed by atoms with E-state index in [1.165, 1.54) is 23.9 Å². The van der Waals surface area contributed by atoms with Gasteiger partial charge in [0, 0.05) is 19.2 Å². The van der Waals surface area contributed by atoms with Crippen LogP contribution in [-0.4, -0.2) is 55.1 Å². The highest BCUT2D eigenvalue weighted by Gasteiger charge is 2.63. The number of likely N-dealkylation sites (N-methyl/N-ethyl adjacent to an activating group) is 1. The maximum Gasteiger partial charge on any atom is 0.269 e. The van der Waals surface area contributed by atoms with E-state index in [4.69, 9.17) is 17.1 Å². The molecule has 176 valence electrons. The zero-order chi connectivity index (χ0) is 24.4. The number of fused-ring (bicyclic) bond motifs is 1. The van der Waals surface area contributed by atoms with Crippen LogP contribution in [0.3, 0.4) is 0 Å². The number of nitrogens with zero attached hydrogens (tertiary/aromatic N) is 4. The lowest BCUT2D eigenvalue weighted by Gasteiger charge is -2.39. The second kappa shape index (κ2) is 8.12. The summed E-state index contributed by atoms with van der Waals surface area (Å²) in [5.74, 6) is -1.70. The van der Waals surface area contributed by atoms with E-state index in [9.17, 15) is 19.7 Å². The molecule has 4 atom stereocenters. The number of hydrogen-bond donors (Lipinski definition) is 0.